The second-order valence-electron chi connectivity index (χ2n) is 6.23. The monoisotopic (exact) mass is 412 g/mol. The predicted octanol–water partition coefficient (Wildman–Crippen LogP) is -2.67. The van der Waals surface area contributed by atoms with Crippen molar-refractivity contribution in [3.63, 3.8) is 0 Å². The standard InChI is InChI=1S/C16H24N6O7/c1-8(16(28)29)21-15(27)11(2-3-13(24)25)22-12(23)6-19-14(26)10(17)4-9-5-18-7-20-9/h5,7-8,10-11H,2-4,6,17H2,1H3,(H,18,20)(H,19,26)(H,21,27)(H,22,23)(H,24,25)(H,28,29). The molecular formula is C16H24N6O7. The molecule has 1 rings (SSSR count). The summed E-state index contributed by atoms with van der Waals surface area (Å²) >= 11 is 0. The number of hydrogen-bond acceptors (Lipinski definition) is 7. The second kappa shape index (κ2) is 11.4. The lowest BCUT2D eigenvalue weighted by atomic mass is 10.1. The van der Waals surface area contributed by atoms with Crippen LogP contribution in [-0.4, -0.2) is 74.5 Å². The quantitative estimate of drug-likeness (QED) is 0.190. The van der Waals surface area contributed by atoms with Crippen molar-refractivity contribution < 1.29 is 34.2 Å². The number of nitrogens with zero attached hydrogens (tertiary/aromatic N) is 1. The van der Waals surface area contributed by atoms with Gasteiger partial charge in [0.15, 0.2) is 0 Å². The third-order valence-corrected chi connectivity index (χ3v) is 3.78. The van der Waals surface area contributed by atoms with E-state index in [0.717, 1.165) is 0 Å². The molecule has 0 radical (unpaired) electrons. The lowest BCUT2D eigenvalue weighted by Crippen LogP contribution is -2.53. The molecule has 3 amide bonds. The zero-order chi connectivity index (χ0) is 22.0. The number of carbonyl (C=O) groups excluding carboxylic acids is 3. The first-order chi connectivity index (χ1) is 13.6. The normalized spacial score (nSPS) is 13.6. The van der Waals surface area contributed by atoms with Gasteiger partial charge in [0.05, 0.1) is 18.9 Å². The molecule has 13 nitrogen and oxygen atoms in total. The Kier molecular flexibility index (Phi) is 9.25. The van der Waals surface area contributed by atoms with E-state index in [9.17, 15) is 24.0 Å². The summed E-state index contributed by atoms with van der Waals surface area (Å²) in [5.41, 5.74) is 6.37. The summed E-state index contributed by atoms with van der Waals surface area (Å²) in [6.45, 7) is 0.721. The molecule has 1 aromatic rings. The van der Waals surface area contributed by atoms with Crippen LogP contribution < -0.4 is 21.7 Å². The van der Waals surface area contributed by atoms with Gasteiger partial charge in [-0.15, -0.1) is 0 Å². The fourth-order valence-corrected chi connectivity index (χ4v) is 2.18. The maximum Gasteiger partial charge on any atom is 0.325 e. The highest BCUT2D eigenvalue weighted by atomic mass is 16.4. The Bertz CT molecular complexity index is 736. The minimum atomic E-state index is -1.29. The molecule has 0 saturated heterocycles. The van der Waals surface area contributed by atoms with E-state index in [1.807, 2.05) is 0 Å². The van der Waals surface area contributed by atoms with Crippen LogP contribution in [0, 0.1) is 0 Å². The topological polar surface area (TPSA) is 217 Å². The van der Waals surface area contributed by atoms with Gasteiger partial charge in [0.1, 0.15) is 12.1 Å². The van der Waals surface area contributed by atoms with Gasteiger partial charge in [-0.3, -0.25) is 24.0 Å². The molecule has 0 fully saturated rings. The van der Waals surface area contributed by atoms with Crippen LogP contribution in [0.2, 0.25) is 0 Å². The first-order valence-corrected chi connectivity index (χ1v) is 8.65. The van der Waals surface area contributed by atoms with Crippen molar-refractivity contribution in [1.29, 1.82) is 0 Å². The highest BCUT2D eigenvalue weighted by molar-refractivity contribution is 5.92. The van der Waals surface area contributed by atoms with E-state index in [4.69, 9.17) is 15.9 Å². The van der Waals surface area contributed by atoms with E-state index in [2.05, 4.69) is 25.9 Å². The molecule has 0 aliphatic carbocycles. The first-order valence-electron chi connectivity index (χ1n) is 8.65. The Hall–Kier alpha value is -3.48. The SMILES string of the molecule is CC(NC(=O)C(CCC(=O)O)NC(=O)CNC(=O)C(N)Cc1cnc[nH]1)C(=O)O. The lowest BCUT2D eigenvalue weighted by Gasteiger charge is -2.20. The predicted molar refractivity (Wildman–Crippen MR) is 97.3 cm³/mol. The Morgan fingerprint density at radius 1 is 1.17 bits per heavy atom. The summed E-state index contributed by atoms with van der Waals surface area (Å²) in [6, 6.07) is -3.45. The van der Waals surface area contributed by atoms with Crippen molar-refractivity contribution >= 4 is 29.7 Å². The van der Waals surface area contributed by atoms with E-state index in [-0.39, 0.29) is 12.8 Å². The zero-order valence-electron chi connectivity index (χ0n) is 15.7. The van der Waals surface area contributed by atoms with Crippen LogP contribution in [0.4, 0.5) is 0 Å². The van der Waals surface area contributed by atoms with Crippen LogP contribution in [0.5, 0.6) is 0 Å². The molecule has 1 heterocycles. The smallest absolute Gasteiger partial charge is 0.325 e. The molecule has 0 saturated carbocycles. The molecule has 0 aromatic carbocycles. The van der Waals surface area contributed by atoms with Crippen molar-refractivity contribution in [2.45, 2.75) is 44.3 Å². The minimum absolute atomic E-state index is 0.171. The third-order valence-electron chi connectivity index (χ3n) is 3.78. The largest absolute Gasteiger partial charge is 0.481 e. The summed E-state index contributed by atoms with van der Waals surface area (Å²) in [5.74, 6) is -4.71. The van der Waals surface area contributed by atoms with Gasteiger partial charge in [0, 0.05) is 24.7 Å². The van der Waals surface area contributed by atoms with Crippen molar-refractivity contribution in [3.8, 4) is 0 Å². The number of carboxylic acid groups (broad SMARTS) is 2. The fraction of sp³-hybridized carbons (Fsp3) is 0.500. The number of aromatic nitrogens is 2. The van der Waals surface area contributed by atoms with Crippen molar-refractivity contribution in [2.24, 2.45) is 5.73 Å². The molecule has 3 atom stereocenters. The van der Waals surface area contributed by atoms with Crippen molar-refractivity contribution in [3.05, 3.63) is 18.2 Å². The number of nitrogens with two attached hydrogens (primary N) is 1. The molecule has 8 N–H and O–H groups in total. The van der Waals surface area contributed by atoms with Gasteiger partial charge in [-0.25, -0.2) is 4.98 Å². The highest BCUT2D eigenvalue weighted by Crippen LogP contribution is 2.00. The molecule has 0 spiro atoms. The Labute approximate surface area is 165 Å². The van der Waals surface area contributed by atoms with E-state index in [1.165, 1.54) is 19.4 Å². The minimum Gasteiger partial charge on any atom is -0.481 e. The Morgan fingerprint density at radius 3 is 2.41 bits per heavy atom. The van der Waals surface area contributed by atoms with Crippen molar-refractivity contribution in [2.75, 3.05) is 6.54 Å². The van der Waals surface area contributed by atoms with Crippen LogP contribution in [0.25, 0.3) is 0 Å². The molecule has 1 aromatic heterocycles. The average Bonchev–Trinajstić information content (AvgIpc) is 3.15. The van der Waals surface area contributed by atoms with Crippen molar-refractivity contribution in [1.82, 2.24) is 25.9 Å². The molecular weight excluding hydrogens is 388 g/mol. The number of imidazole rings is 1. The molecule has 0 bridgehead atoms. The molecule has 0 aliphatic heterocycles. The summed E-state index contributed by atoms with van der Waals surface area (Å²) < 4.78 is 0. The summed E-state index contributed by atoms with van der Waals surface area (Å²) in [5, 5.41) is 24.4. The van der Waals surface area contributed by atoms with Crippen LogP contribution in [0.15, 0.2) is 12.5 Å². The molecule has 160 valence electrons. The molecule has 0 aliphatic rings. The number of carbonyl (C=O) groups is 5. The summed E-state index contributed by atoms with van der Waals surface area (Å²) in [7, 11) is 0. The zero-order valence-corrected chi connectivity index (χ0v) is 15.7. The van der Waals surface area contributed by atoms with E-state index < -0.39 is 60.8 Å². The number of amides is 3. The van der Waals surface area contributed by atoms with Gasteiger partial charge in [0.2, 0.25) is 17.7 Å². The number of aliphatic carboxylic acids is 2. The maximum atomic E-state index is 12.1. The van der Waals surface area contributed by atoms with Gasteiger partial charge in [-0.2, -0.15) is 0 Å². The molecule has 29 heavy (non-hydrogen) atoms. The third kappa shape index (κ3) is 8.83. The number of carboxylic acids is 2. The van der Waals surface area contributed by atoms with Gasteiger partial charge < -0.3 is 36.9 Å². The molecule has 3 unspecified atom stereocenters. The highest BCUT2D eigenvalue weighted by Gasteiger charge is 2.25. The number of aromatic amines is 1. The number of H-pyrrole nitrogens is 1. The first kappa shape index (κ1) is 23.6. The number of nitrogens with one attached hydrogen (secondary N) is 4. The van der Waals surface area contributed by atoms with Crippen LogP contribution in [-0.2, 0) is 30.4 Å². The second-order valence-corrected chi connectivity index (χ2v) is 6.23. The Balaban J connectivity index is 2.56. The summed E-state index contributed by atoms with van der Waals surface area (Å²) in [6.07, 6.45) is 2.42. The van der Waals surface area contributed by atoms with E-state index in [0.29, 0.717) is 5.69 Å². The number of rotatable bonds is 12. The average molecular weight is 412 g/mol. The van der Waals surface area contributed by atoms with Gasteiger partial charge in [-0.05, 0) is 13.3 Å². The molecule has 13 heteroatoms. The van der Waals surface area contributed by atoms with Crippen LogP contribution in [0.1, 0.15) is 25.5 Å². The fourth-order valence-electron chi connectivity index (χ4n) is 2.18. The number of hydrogen-bond donors (Lipinski definition) is 7. The van der Waals surface area contributed by atoms with Crippen LogP contribution >= 0.6 is 0 Å². The van der Waals surface area contributed by atoms with E-state index >= 15 is 0 Å². The Morgan fingerprint density at radius 2 is 1.86 bits per heavy atom. The van der Waals surface area contributed by atoms with Gasteiger partial charge >= 0.3 is 11.9 Å². The van der Waals surface area contributed by atoms with E-state index in [1.54, 1.807) is 0 Å². The maximum absolute atomic E-state index is 12.1. The summed E-state index contributed by atoms with van der Waals surface area (Å²) in [4.78, 5) is 64.3. The van der Waals surface area contributed by atoms with Gasteiger partial charge in [0.25, 0.3) is 0 Å². The van der Waals surface area contributed by atoms with Crippen LogP contribution in [0.3, 0.4) is 0 Å². The van der Waals surface area contributed by atoms with Gasteiger partial charge in [-0.1, -0.05) is 0 Å². The lowest BCUT2D eigenvalue weighted by molar-refractivity contribution is -0.142.